The van der Waals surface area contributed by atoms with Gasteiger partial charge in [0.1, 0.15) is 5.69 Å². The molecule has 0 spiro atoms. The Morgan fingerprint density at radius 2 is 1.15 bits per heavy atom. The highest BCUT2D eigenvalue weighted by Crippen LogP contribution is 2.53. The van der Waals surface area contributed by atoms with E-state index in [-0.39, 0.29) is 11.3 Å². The monoisotopic (exact) mass is 564 g/mol. The SMILES string of the molecule is ClC(Cl)(Cl)c1nc2c(ccc3c(-c4ccccc4)ccnc32)c(-c2ccccc2)c1C(Cl)(Cl)Cl. The summed E-state index contributed by atoms with van der Waals surface area (Å²) < 4.78 is -3.85. The Kier molecular flexibility index (Phi) is 6.35. The van der Waals surface area contributed by atoms with Crippen molar-refractivity contribution in [3.63, 3.8) is 0 Å². The third kappa shape index (κ3) is 4.33. The first-order chi connectivity index (χ1) is 16.2. The molecule has 0 fully saturated rings. The standard InChI is InChI=1S/C26H14Cl6N2/c27-25(28,29)21-20(16-9-5-2-6-10-16)19-12-11-18-17(15-7-3-1-4-8-15)13-14-33-22(18)23(19)34-24(21)26(30,31)32/h1-14H. The van der Waals surface area contributed by atoms with Crippen molar-refractivity contribution in [2.45, 2.75) is 7.59 Å². The van der Waals surface area contributed by atoms with Crippen LogP contribution in [0.15, 0.2) is 85.1 Å². The predicted molar refractivity (Wildman–Crippen MR) is 146 cm³/mol. The average Bonchev–Trinajstić information content (AvgIpc) is 2.82. The molecule has 8 heteroatoms. The molecule has 0 saturated carbocycles. The number of alkyl halides is 6. The van der Waals surface area contributed by atoms with Crippen LogP contribution in [0.25, 0.3) is 44.1 Å². The second kappa shape index (κ2) is 9.02. The van der Waals surface area contributed by atoms with Crippen LogP contribution in [0.5, 0.6) is 0 Å². The van der Waals surface area contributed by atoms with Gasteiger partial charge in [-0.1, -0.05) is 142 Å². The van der Waals surface area contributed by atoms with Gasteiger partial charge >= 0.3 is 0 Å². The molecule has 0 saturated heterocycles. The summed E-state index contributed by atoms with van der Waals surface area (Å²) in [5.74, 6) is 0. The fourth-order valence-electron chi connectivity index (χ4n) is 4.19. The summed E-state index contributed by atoms with van der Waals surface area (Å²) in [6.07, 6.45) is 1.74. The Bertz CT molecular complexity index is 1510. The van der Waals surface area contributed by atoms with Crippen molar-refractivity contribution in [3.8, 4) is 22.3 Å². The van der Waals surface area contributed by atoms with Crippen LogP contribution in [0.3, 0.4) is 0 Å². The largest absolute Gasteiger partial charge is 0.254 e. The van der Waals surface area contributed by atoms with Crippen molar-refractivity contribution < 1.29 is 0 Å². The van der Waals surface area contributed by atoms with E-state index in [1.54, 1.807) is 6.20 Å². The van der Waals surface area contributed by atoms with Gasteiger partial charge in [-0.15, -0.1) is 0 Å². The highest BCUT2D eigenvalue weighted by molar-refractivity contribution is 6.69. The van der Waals surface area contributed by atoms with Crippen molar-refractivity contribution in [1.29, 1.82) is 0 Å². The lowest BCUT2D eigenvalue weighted by Gasteiger charge is -2.25. The van der Waals surface area contributed by atoms with Crippen molar-refractivity contribution in [2.75, 3.05) is 0 Å². The van der Waals surface area contributed by atoms with Gasteiger partial charge in [0.2, 0.25) is 7.59 Å². The lowest BCUT2D eigenvalue weighted by molar-refractivity contribution is 1.04. The molecule has 0 amide bonds. The normalized spacial score (nSPS) is 12.4. The van der Waals surface area contributed by atoms with Crippen LogP contribution in [0.2, 0.25) is 0 Å². The number of nitrogens with zero attached hydrogens (tertiary/aromatic N) is 2. The van der Waals surface area contributed by atoms with E-state index in [1.165, 1.54) is 0 Å². The number of benzene rings is 3. The van der Waals surface area contributed by atoms with Crippen molar-refractivity contribution >= 4 is 91.4 Å². The first-order valence-electron chi connectivity index (χ1n) is 10.2. The molecule has 2 heterocycles. The molecule has 5 aromatic rings. The van der Waals surface area contributed by atoms with Crippen molar-refractivity contribution in [2.24, 2.45) is 0 Å². The lowest BCUT2D eigenvalue weighted by Crippen LogP contribution is -2.17. The Morgan fingerprint density at radius 3 is 1.74 bits per heavy atom. The fourth-order valence-corrected chi connectivity index (χ4v) is 5.16. The maximum Gasteiger partial charge on any atom is 0.233 e. The molecule has 0 aliphatic heterocycles. The van der Waals surface area contributed by atoms with E-state index in [1.807, 2.05) is 78.9 Å². The molecule has 3 aromatic carbocycles. The molecule has 0 aliphatic carbocycles. The van der Waals surface area contributed by atoms with Gasteiger partial charge in [0.25, 0.3) is 0 Å². The Hall–Kier alpha value is -1.78. The van der Waals surface area contributed by atoms with Crippen LogP contribution in [-0.2, 0) is 7.59 Å². The van der Waals surface area contributed by atoms with Gasteiger partial charge in [-0.3, -0.25) is 4.98 Å². The van der Waals surface area contributed by atoms with Gasteiger partial charge in [-0.05, 0) is 22.8 Å². The number of hydrogen-bond donors (Lipinski definition) is 0. The molecule has 170 valence electrons. The molecule has 0 radical (unpaired) electrons. The van der Waals surface area contributed by atoms with Gasteiger partial charge in [0, 0.05) is 28.1 Å². The molecule has 0 bridgehead atoms. The number of halogens is 6. The molecule has 0 unspecified atom stereocenters. The summed E-state index contributed by atoms with van der Waals surface area (Å²) in [5.41, 5.74) is 4.95. The third-order valence-electron chi connectivity index (χ3n) is 5.57. The Balaban J connectivity index is 1.98. The lowest BCUT2D eigenvalue weighted by atomic mass is 9.92. The second-order valence-corrected chi connectivity index (χ2v) is 12.2. The predicted octanol–water partition coefficient (Wildman–Crippen LogP) is 9.77. The van der Waals surface area contributed by atoms with E-state index in [2.05, 4.69) is 4.98 Å². The summed E-state index contributed by atoms with van der Waals surface area (Å²) in [6.45, 7) is 0. The molecule has 0 aliphatic rings. The number of aromatic nitrogens is 2. The van der Waals surface area contributed by atoms with Crippen molar-refractivity contribution in [3.05, 3.63) is 96.3 Å². The van der Waals surface area contributed by atoms with E-state index in [0.29, 0.717) is 16.6 Å². The van der Waals surface area contributed by atoms with E-state index < -0.39 is 7.59 Å². The van der Waals surface area contributed by atoms with Gasteiger partial charge in [-0.25, -0.2) is 4.98 Å². The van der Waals surface area contributed by atoms with Gasteiger partial charge < -0.3 is 0 Å². The summed E-state index contributed by atoms with van der Waals surface area (Å²) in [7, 11) is 0. The van der Waals surface area contributed by atoms with Crippen LogP contribution < -0.4 is 0 Å². The summed E-state index contributed by atoms with van der Waals surface area (Å²) in [5, 5.41) is 1.64. The summed E-state index contributed by atoms with van der Waals surface area (Å²) in [4.78, 5) is 9.40. The molecular weight excluding hydrogens is 553 g/mol. The van der Waals surface area contributed by atoms with Gasteiger partial charge in [0.05, 0.1) is 11.0 Å². The average molecular weight is 567 g/mol. The quantitative estimate of drug-likeness (QED) is 0.157. The molecule has 34 heavy (non-hydrogen) atoms. The molecule has 0 N–H and O–H groups in total. The summed E-state index contributed by atoms with van der Waals surface area (Å²) in [6, 6.07) is 25.5. The number of rotatable bonds is 2. The zero-order valence-corrected chi connectivity index (χ0v) is 21.8. The van der Waals surface area contributed by atoms with Crippen LogP contribution in [-0.4, -0.2) is 9.97 Å². The van der Waals surface area contributed by atoms with Crippen molar-refractivity contribution in [1.82, 2.24) is 9.97 Å². The highest BCUT2D eigenvalue weighted by Gasteiger charge is 2.40. The zero-order chi connectivity index (χ0) is 24.1. The first kappa shape index (κ1) is 23.9. The van der Waals surface area contributed by atoms with Crippen LogP contribution in [0.4, 0.5) is 0 Å². The van der Waals surface area contributed by atoms with Gasteiger partial charge in [-0.2, -0.15) is 0 Å². The smallest absolute Gasteiger partial charge is 0.233 e. The van der Waals surface area contributed by atoms with Gasteiger partial charge in [0.15, 0.2) is 0 Å². The maximum absolute atomic E-state index is 6.45. The van der Waals surface area contributed by atoms with E-state index in [9.17, 15) is 0 Å². The molecular formula is C26H14Cl6N2. The minimum atomic E-state index is -1.95. The molecule has 0 atom stereocenters. The minimum Gasteiger partial charge on any atom is -0.254 e. The molecule has 2 aromatic heterocycles. The van der Waals surface area contributed by atoms with Crippen LogP contribution in [0.1, 0.15) is 11.3 Å². The number of pyridine rings is 2. The minimum absolute atomic E-state index is 0.0447. The first-order valence-corrected chi connectivity index (χ1v) is 12.4. The molecule has 2 nitrogen and oxygen atoms in total. The topological polar surface area (TPSA) is 25.8 Å². The van der Waals surface area contributed by atoms with E-state index in [4.69, 9.17) is 74.6 Å². The van der Waals surface area contributed by atoms with Crippen LogP contribution in [0, 0.1) is 0 Å². The second-order valence-electron chi connectivity index (χ2n) is 7.65. The van der Waals surface area contributed by atoms with E-state index >= 15 is 0 Å². The zero-order valence-electron chi connectivity index (χ0n) is 17.2. The molecule has 5 rings (SSSR count). The summed E-state index contributed by atoms with van der Waals surface area (Å²) >= 11 is 38.5. The third-order valence-corrected chi connectivity index (χ3v) is 6.67. The number of fused-ring (bicyclic) bond motifs is 3. The van der Waals surface area contributed by atoms with Crippen LogP contribution >= 0.6 is 69.6 Å². The van der Waals surface area contributed by atoms with E-state index in [0.717, 1.165) is 27.5 Å². The Morgan fingerprint density at radius 1 is 0.559 bits per heavy atom. The maximum atomic E-state index is 6.45. The fraction of sp³-hybridized carbons (Fsp3) is 0.0769. The highest BCUT2D eigenvalue weighted by atomic mass is 35.6. The number of hydrogen-bond acceptors (Lipinski definition) is 2. The Labute approximate surface area is 226 Å².